The van der Waals surface area contributed by atoms with Crippen LogP contribution in [0.2, 0.25) is 19.6 Å². The van der Waals surface area contributed by atoms with E-state index in [4.69, 9.17) is 4.43 Å². The molecule has 1 atom stereocenters. The Morgan fingerprint density at radius 1 is 1.29 bits per heavy atom. The summed E-state index contributed by atoms with van der Waals surface area (Å²) in [4.78, 5) is 11.9. The van der Waals surface area contributed by atoms with Gasteiger partial charge in [-0.3, -0.25) is 4.79 Å². The van der Waals surface area contributed by atoms with Gasteiger partial charge in [-0.05, 0) is 37.7 Å². The van der Waals surface area contributed by atoms with E-state index >= 15 is 0 Å². The van der Waals surface area contributed by atoms with Crippen molar-refractivity contribution in [1.82, 2.24) is 5.32 Å². The normalized spacial score (nSPS) is 20.4. The predicted molar refractivity (Wildman–Crippen MR) is 70.7 cm³/mol. The van der Waals surface area contributed by atoms with Crippen molar-refractivity contribution < 1.29 is 9.22 Å². The van der Waals surface area contributed by atoms with Gasteiger partial charge in [-0.1, -0.05) is 18.2 Å². The minimum atomic E-state index is -1.56. The molecule has 1 N–H and O–H groups in total. The molecule has 1 heterocycles. The third-order valence-electron chi connectivity index (χ3n) is 2.72. The second kappa shape index (κ2) is 4.62. The van der Waals surface area contributed by atoms with Gasteiger partial charge in [-0.2, -0.15) is 0 Å². The number of carbonyl (C=O) groups is 1. The van der Waals surface area contributed by atoms with Crippen LogP contribution in [0.4, 0.5) is 0 Å². The second-order valence-corrected chi connectivity index (χ2v) is 9.88. The largest absolute Gasteiger partial charge is 0.413 e. The average Bonchev–Trinajstić information content (AvgIpc) is 2.37. The lowest BCUT2D eigenvalue weighted by molar-refractivity contribution is 0.0936. The van der Waals surface area contributed by atoms with E-state index in [1.807, 2.05) is 24.3 Å². The van der Waals surface area contributed by atoms with E-state index in [2.05, 4.69) is 25.0 Å². The quantitative estimate of drug-likeness (QED) is 0.816. The molecule has 3 nitrogen and oxygen atoms in total. The molecule has 4 heteroatoms. The van der Waals surface area contributed by atoms with Crippen LogP contribution in [0, 0.1) is 0 Å². The summed E-state index contributed by atoms with van der Waals surface area (Å²) < 4.78 is 6.09. The van der Waals surface area contributed by atoms with Crippen molar-refractivity contribution in [2.24, 2.45) is 0 Å². The van der Waals surface area contributed by atoms with Gasteiger partial charge in [0, 0.05) is 12.1 Å². The van der Waals surface area contributed by atoms with E-state index in [1.165, 1.54) is 0 Å². The molecule has 2 rings (SSSR count). The number of nitrogens with one attached hydrogen (secondary N) is 1. The van der Waals surface area contributed by atoms with E-state index in [1.54, 1.807) is 0 Å². The first-order chi connectivity index (χ1) is 7.96. The van der Waals surface area contributed by atoms with Crippen LogP contribution >= 0.6 is 0 Å². The van der Waals surface area contributed by atoms with Gasteiger partial charge in [0.15, 0.2) is 8.32 Å². The fraction of sp³-hybridized carbons (Fsp3) is 0.462. The third-order valence-corrected chi connectivity index (χ3v) is 3.76. The fourth-order valence-corrected chi connectivity index (χ4v) is 3.29. The standard InChI is InChI=1S/C13H19NO2Si/c1-17(2,3)16-11-8-10-6-4-5-7-12(10)13(15)14-9-11/h4-7,11H,8-9H2,1-3H3,(H,14,15). The summed E-state index contributed by atoms with van der Waals surface area (Å²) in [6.07, 6.45) is 0.924. The number of amides is 1. The van der Waals surface area contributed by atoms with Crippen LogP contribution < -0.4 is 5.32 Å². The molecule has 0 aromatic heterocycles. The highest BCUT2D eigenvalue weighted by atomic mass is 28.4. The lowest BCUT2D eigenvalue weighted by atomic mass is 10.0. The number of hydrogen-bond acceptors (Lipinski definition) is 2. The third kappa shape index (κ3) is 3.17. The molecule has 1 aromatic rings. The van der Waals surface area contributed by atoms with E-state index in [-0.39, 0.29) is 12.0 Å². The van der Waals surface area contributed by atoms with Crippen molar-refractivity contribution in [1.29, 1.82) is 0 Å². The summed E-state index contributed by atoms with van der Waals surface area (Å²) in [5.41, 5.74) is 1.87. The van der Waals surface area contributed by atoms with E-state index < -0.39 is 8.32 Å². The number of carbonyl (C=O) groups excluding carboxylic acids is 1. The molecule has 1 aliphatic heterocycles. The van der Waals surface area contributed by atoms with E-state index in [0.29, 0.717) is 6.54 Å². The summed E-state index contributed by atoms with van der Waals surface area (Å²) in [6.45, 7) is 7.13. The molecule has 0 spiro atoms. The summed E-state index contributed by atoms with van der Waals surface area (Å²) >= 11 is 0. The molecule has 0 radical (unpaired) electrons. The molecular weight excluding hydrogens is 230 g/mol. The number of rotatable bonds is 2. The monoisotopic (exact) mass is 249 g/mol. The molecule has 1 aromatic carbocycles. The fourth-order valence-electron chi connectivity index (χ4n) is 2.12. The molecule has 1 aliphatic rings. The maximum absolute atomic E-state index is 11.9. The Bertz CT molecular complexity index is 426. The maximum atomic E-state index is 11.9. The van der Waals surface area contributed by atoms with Crippen LogP contribution in [-0.2, 0) is 10.8 Å². The van der Waals surface area contributed by atoms with Gasteiger partial charge in [-0.25, -0.2) is 0 Å². The zero-order chi connectivity index (χ0) is 12.5. The van der Waals surface area contributed by atoms with Crippen LogP contribution in [0.25, 0.3) is 0 Å². The van der Waals surface area contributed by atoms with Gasteiger partial charge < -0.3 is 9.74 Å². The lowest BCUT2D eigenvalue weighted by Gasteiger charge is -2.25. The minimum absolute atomic E-state index is 0.0160. The zero-order valence-corrected chi connectivity index (χ0v) is 11.6. The summed E-state index contributed by atoms with van der Waals surface area (Å²) in [5, 5.41) is 2.93. The van der Waals surface area contributed by atoms with Gasteiger partial charge in [0.05, 0.1) is 6.10 Å². The molecule has 1 unspecified atom stereocenters. The Balaban J connectivity index is 2.21. The van der Waals surface area contributed by atoms with E-state index in [9.17, 15) is 4.79 Å². The highest BCUT2D eigenvalue weighted by Gasteiger charge is 2.26. The Hall–Kier alpha value is -1.13. The first-order valence-electron chi connectivity index (χ1n) is 5.99. The van der Waals surface area contributed by atoms with Crippen LogP contribution in [-0.4, -0.2) is 26.9 Å². The maximum Gasteiger partial charge on any atom is 0.251 e. The van der Waals surface area contributed by atoms with E-state index in [0.717, 1.165) is 17.5 Å². The second-order valence-electron chi connectivity index (χ2n) is 5.42. The highest BCUT2D eigenvalue weighted by Crippen LogP contribution is 2.18. The SMILES string of the molecule is C[Si](C)(C)OC1CNC(=O)c2ccccc2C1. The van der Waals surface area contributed by atoms with Crippen molar-refractivity contribution in [2.75, 3.05) is 6.54 Å². The molecule has 0 fully saturated rings. The van der Waals surface area contributed by atoms with Gasteiger partial charge >= 0.3 is 0 Å². The van der Waals surface area contributed by atoms with Crippen LogP contribution in [0.3, 0.4) is 0 Å². The Kier molecular flexibility index (Phi) is 3.35. The molecule has 0 aliphatic carbocycles. The number of benzene rings is 1. The van der Waals surface area contributed by atoms with Crippen LogP contribution in [0.15, 0.2) is 24.3 Å². The van der Waals surface area contributed by atoms with Crippen molar-refractivity contribution in [3.8, 4) is 0 Å². The van der Waals surface area contributed by atoms with Crippen LogP contribution in [0.5, 0.6) is 0 Å². The first-order valence-corrected chi connectivity index (χ1v) is 9.40. The number of fused-ring (bicyclic) bond motifs is 1. The topological polar surface area (TPSA) is 38.3 Å². The first kappa shape index (κ1) is 12.3. The van der Waals surface area contributed by atoms with Gasteiger partial charge in [0.1, 0.15) is 0 Å². The van der Waals surface area contributed by atoms with Crippen molar-refractivity contribution in [3.05, 3.63) is 35.4 Å². The summed E-state index contributed by atoms with van der Waals surface area (Å²) in [5.74, 6) is 0.0160. The van der Waals surface area contributed by atoms with Crippen molar-refractivity contribution in [2.45, 2.75) is 32.2 Å². The molecular formula is C13H19NO2Si. The molecule has 92 valence electrons. The molecule has 1 amide bonds. The molecule has 17 heavy (non-hydrogen) atoms. The summed E-state index contributed by atoms with van der Waals surface area (Å²) in [6, 6.07) is 7.77. The zero-order valence-electron chi connectivity index (χ0n) is 10.6. The van der Waals surface area contributed by atoms with Crippen LogP contribution in [0.1, 0.15) is 15.9 Å². The molecule has 0 saturated carbocycles. The molecule has 0 bridgehead atoms. The Labute approximate surface area is 103 Å². The van der Waals surface area contributed by atoms with Crippen molar-refractivity contribution in [3.63, 3.8) is 0 Å². The lowest BCUT2D eigenvalue weighted by Crippen LogP contribution is -2.39. The van der Waals surface area contributed by atoms with Gasteiger partial charge in [0.2, 0.25) is 0 Å². The van der Waals surface area contributed by atoms with Gasteiger partial charge in [0.25, 0.3) is 5.91 Å². The smallest absolute Gasteiger partial charge is 0.251 e. The Morgan fingerprint density at radius 2 is 2.00 bits per heavy atom. The predicted octanol–water partition coefficient (Wildman–Crippen LogP) is 2.19. The summed E-state index contributed by atoms with van der Waals surface area (Å²) in [7, 11) is -1.56. The highest BCUT2D eigenvalue weighted by molar-refractivity contribution is 6.69. The number of hydrogen-bond donors (Lipinski definition) is 1. The minimum Gasteiger partial charge on any atom is -0.413 e. The van der Waals surface area contributed by atoms with Gasteiger partial charge in [-0.15, -0.1) is 0 Å². The molecule has 0 saturated heterocycles. The Morgan fingerprint density at radius 3 is 2.71 bits per heavy atom. The van der Waals surface area contributed by atoms with Crippen molar-refractivity contribution >= 4 is 14.2 Å². The average molecular weight is 249 g/mol.